The molecule has 0 unspecified atom stereocenters. The predicted molar refractivity (Wildman–Crippen MR) is 85.7 cm³/mol. The summed E-state index contributed by atoms with van der Waals surface area (Å²) in [6.45, 7) is 3.56. The zero-order valence-electron chi connectivity index (χ0n) is 11.3. The van der Waals surface area contributed by atoms with Gasteiger partial charge in [0.15, 0.2) is 0 Å². The fraction of sp³-hybridized carbons (Fsp3) is 0.154. The van der Waals surface area contributed by atoms with Crippen molar-refractivity contribution in [2.24, 2.45) is 0 Å². The smallest absolute Gasteiger partial charge is 0.266 e. The number of carbonyl (C=O) groups excluding carboxylic acids is 1. The molecule has 0 aliphatic carbocycles. The fourth-order valence-electron chi connectivity index (χ4n) is 1.72. The van der Waals surface area contributed by atoms with E-state index < -0.39 is 15.9 Å². The number of thiophene rings is 1. The summed E-state index contributed by atoms with van der Waals surface area (Å²) in [5.74, 6) is -0.518. The molecule has 1 heterocycles. The van der Waals surface area contributed by atoms with E-state index in [1.54, 1.807) is 37.3 Å². The van der Waals surface area contributed by atoms with Crippen molar-refractivity contribution in [3.63, 3.8) is 0 Å². The minimum Gasteiger partial charge on any atom is -0.273 e. The van der Waals surface area contributed by atoms with Gasteiger partial charge in [0.25, 0.3) is 15.9 Å². The number of rotatable bonds is 4. The largest absolute Gasteiger partial charge is 0.273 e. The third kappa shape index (κ3) is 3.91. The molecule has 2 N–H and O–H groups in total. The van der Waals surface area contributed by atoms with Crippen LogP contribution in [0.2, 0.25) is 0 Å². The van der Waals surface area contributed by atoms with Crippen LogP contribution >= 0.6 is 27.3 Å². The fourth-order valence-corrected chi connectivity index (χ4v) is 4.38. The average molecular weight is 389 g/mol. The Kier molecular flexibility index (Phi) is 4.82. The van der Waals surface area contributed by atoms with E-state index in [1.165, 1.54) is 11.3 Å². The van der Waals surface area contributed by atoms with E-state index in [-0.39, 0.29) is 4.90 Å². The number of hydrazine groups is 1. The number of sulfonamides is 1. The highest BCUT2D eigenvalue weighted by Gasteiger charge is 2.20. The Morgan fingerprint density at radius 2 is 1.81 bits per heavy atom. The van der Waals surface area contributed by atoms with Crippen LogP contribution < -0.4 is 10.3 Å². The number of hydrogen-bond donors (Lipinski definition) is 2. The summed E-state index contributed by atoms with van der Waals surface area (Å²) in [5, 5.41) is 0. The molecule has 2 rings (SSSR count). The van der Waals surface area contributed by atoms with Gasteiger partial charge in [0, 0.05) is 19.8 Å². The van der Waals surface area contributed by atoms with E-state index >= 15 is 0 Å². The van der Waals surface area contributed by atoms with Crippen LogP contribution in [-0.4, -0.2) is 14.3 Å². The van der Waals surface area contributed by atoms with Gasteiger partial charge in [-0.1, -0.05) is 15.9 Å². The number of benzene rings is 1. The monoisotopic (exact) mass is 388 g/mol. The number of halogens is 1. The molecule has 5 nitrogen and oxygen atoms in total. The van der Waals surface area contributed by atoms with Gasteiger partial charge in [-0.3, -0.25) is 10.2 Å². The van der Waals surface area contributed by atoms with Gasteiger partial charge in [-0.2, -0.15) is 0 Å². The van der Waals surface area contributed by atoms with Gasteiger partial charge < -0.3 is 0 Å². The van der Waals surface area contributed by atoms with Crippen molar-refractivity contribution >= 4 is 43.2 Å². The first kappa shape index (κ1) is 16.2. The Bertz CT molecular complexity index is 767. The Hall–Kier alpha value is -1.22. The van der Waals surface area contributed by atoms with Crippen molar-refractivity contribution in [1.29, 1.82) is 0 Å². The summed E-state index contributed by atoms with van der Waals surface area (Å²) in [5.41, 5.74) is 2.57. The zero-order chi connectivity index (χ0) is 15.6. The number of carbonyl (C=O) groups is 1. The number of aryl methyl sites for hydroxylation is 2. The van der Waals surface area contributed by atoms with Gasteiger partial charge >= 0.3 is 0 Å². The average Bonchev–Trinajstić information content (AvgIpc) is 2.77. The molecule has 1 amide bonds. The van der Waals surface area contributed by atoms with Crippen LogP contribution in [0.1, 0.15) is 20.1 Å². The first-order chi connectivity index (χ1) is 9.79. The molecule has 0 spiro atoms. The lowest BCUT2D eigenvalue weighted by Gasteiger charge is -2.08. The van der Waals surface area contributed by atoms with Crippen molar-refractivity contribution in [3.8, 4) is 0 Å². The third-order valence-corrected chi connectivity index (χ3v) is 5.69. The summed E-state index contributed by atoms with van der Waals surface area (Å²) in [6, 6.07) is 8.17. The standard InChI is InChI=1S/C13H13BrN2O3S2/c1-8-7-12(9(2)20-8)21(18,19)16-15-13(17)10-3-5-11(14)6-4-10/h3-7,16H,1-2H3,(H,15,17). The van der Waals surface area contributed by atoms with E-state index in [9.17, 15) is 13.2 Å². The second kappa shape index (κ2) is 6.27. The SMILES string of the molecule is Cc1cc(S(=O)(=O)NNC(=O)c2ccc(Br)cc2)c(C)s1. The minimum atomic E-state index is -3.76. The van der Waals surface area contributed by atoms with Crippen molar-refractivity contribution in [3.05, 3.63) is 50.1 Å². The van der Waals surface area contributed by atoms with Crippen LogP contribution in [0.3, 0.4) is 0 Å². The quantitative estimate of drug-likeness (QED) is 0.790. The number of amides is 1. The van der Waals surface area contributed by atoms with Crippen LogP contribution in [-0.2, 0) is 10.0 Å². The highest BCUT2D eigenvalue weighted by Crippen LogP contribution is 2.24. The summed E-state index contributed by atoms with van der Waals surface area (Å²) >= 11 is 4.66. The summed E-state index contributed by atoms with van der Waals surface area (Å²) < 4.78 is 25.1. The maximum atomic E-state index is 12.1. The molecule has 0 radical (unpaired) electrons. The van der Waals surface area contributed by atoms with Crippen molar-refractivity contribution in [2.75, 3.05) is 0 Å². The molecular formula is C13H13BrN2O3S2. The molecule has 0 atom stereocenters. The van der Waals surface area contributed by atoms with E-state index in [0.29, 0.717) is 10.4 Å². The van der Waals surface area contributed by atoms with Gasteiger partial charge in [0.1, 0.15) is 0 Å². The van der Waals surface area contributed by atoms with E-state index in [4.69, 9.17) is 0 Å². The molecule has 0 saturated carbocycles. The predicted octanol–water partition coefficient (Wildman–Crippen LogP) is 2.75. The zero-order valence-corrected chi connectivity index (χ0v) is 14.5. The van der Waals surface area contributed by atoms with Gasteiger partial charge in [-0.05, 0) is 44.2 Å². The molecule has 8 heteroatoms. The maximum Gasteiger partial charge on any atom is 0.266 e. The molecule has 0 saturated heterocycles. The summed E-state index contributed by atoms with van der Waals surface area (Å²) in [7, 11) is -3.76. The Balaban J connectivity index is 2.10. The Morgan fingerprint density at radius 3 is 2.33 bits per heavy atom. The molecule has 0 aliphatic heterocycles. The van der Waals surface area contributed by atoms with E-state index in [0.717, 1.165) is 9.35 Å². The minimum absolute atomic E-state index is 0.182. The Labute approximate surface area is 135 Å². The van der Waals surface area contributed by atoms with Crippen LogP contribution in [0.4, 0.5) is 0 Å². The van der Waals surface area contributed by atoms with Crippen molar-refractivity contribution in [2.45, 2.75) is 18.7 Å². The topological polar surface area (TPSA) is 75.3 Å². The molecule has 0 fully saturated rings. The van der Waals surface area contributed by atoms with Crippen LogP contribution in [0.25, 0.3) is 0 Å². The third-order valence-electron chi connectivity index (χ3n) is 2.69. The summed E-state index contributed by atoms with van der Waals surface area (Å²) in [4.78, 5) is 15.7. The number of nitrogens with one attached hydrogen (secondary N) is 2. The second-order valence-corrected chi connectivity index (χ2v) is 8.37. The maximum absolute atomic E-state index is 12.1. The van der Waals surface area contributed by atoms with Crippen molar-refractivity contribution in [1.82, 2.24) is 10.3 Å². The van der Waals surface area contributed by atoms with E-state index in [1.807, 2.05) is 6.92 Å². The lowest BCUT2D eigenvalue weighted by Crippen LogP contribution is -2.41. The van der Waals surface area contributed by atoms with Crippen molar-refractivity contribution < 1.29 is 13.2 Å². The molecular weight excluding hydrogens is 376 g/mol. The molecule has 0 aliphatic rings. The molecule has 1 aromatic heterocycles. The van der Waals surface area contributed by atoms with Crippen LogP contribution in [0, 0.1) is 13.8 Å². The van der Waals surface area contributed by atoms with Gasteiger partial charge in [0.05, 0.1) is 4.90 Å². The first-order valence-electron chi connectivity index (χ1n) is 5.94. The van der Waals surface area contributed by atoms with Gasteiger partial charge in [-0.25, -0.2) is 8.42 Å². The Morgan fingerprint density at radius 1 is 1.19 bits per heavy atom. The lowest BCUT2D eigenvalue weighted by atomic mass is 10.2. The molecule has 21 heavy (non-hydrogen) atoms. The first-order valence-corrected chi connectivity index (χ1v) is 9.03. The highest BCUT2D eigenvalue weighted by atomic mass is 79.9. The second-order valence-electron chi connectivity index (χ2n) is 4.34. The van der Waals surface area contributed by atoms with Crippen LogP contribution in [0.5, 0.6) is 0 Å². The highest BCUT2D eigenvalue weighted by molar-refractivity contribution is 9.10. The lowest BCUT2D eigenvalue weighted by molar-refractivity contribution is 0.0945. The van der Waals surface area contributed by atoms with Crippen LogP contribution in [0.15, 0.2) is 39.7 Å². The normalized spacial score (nSPS) is 11.4. The number of hydrogen-bond acceptors (Lipinski definition) is 4. The molecule has 2 aromatic rings. The van der Waals surface area contributed by atoms with Gasteiger partial charge in [0.2, 0.25) is 0 Å². The molecule has 0 bridgehead atoms. The summed E-state index contributed by atoms with van der Waals surface area (Å²) in [6.07, 6.45) is 0. The van der Waals surface area contributed by atoms with E-state index in [2.05, 4.69) is 26.2 Å². The molecule has 1 aromatic carbocycles. The van der Waals surface area contributed by atoms with Gasteiger partial charge in [-0.15, -0.1) is 16.2 Å². The molecule has 112 valence electrons.